The van der Waals surface area contributed by atoms with Crippen molar-refractivity contribution in [3.8, 4) is 11.5 Å². The van der Waals surface area contributed by atoms with Gasteiger partial charge in [0.2, 0.25) is 0 Å². The Kier molecular flexibility index (Phi) is 48.8. The second-order valence-corrected chi connectivity index (χ2v) is 37.2. The highest BCUT2D eigenvalue weighted by atomic mass is 32.2. The van der Waals surface area contributed by atoms with E-state index in [4.69, 9.17) is 4.74 Å². The van der Waals surface area contributed by atoms with E-state index in [1.165, 1.54) is 360 Å². The summed E-state index contributed by atoms with van der Waals surface area (Å²) < 4.78 is 29.2. The third-order valence-corrected chi connectivity index (χ3v) is 25.5. The smallest absolute Gasteiger partial charge is 0.153 e. The predicted octanol–water partition coefficient (Wildman–Crippen LogP) is 28.3. The topological polar surface area (TPSA) is 76.6 Å². The summed E-state index contributed by atoms with van der Waals surface area (Å²) in [6.45, 7) is 35.1. The van der Waals surface area contributed by atoms with Gasteiger partial charge >= 0.3 is 0 Å². The number of nitrogens with zero attached hydrogens (tertiary/aromatic N) is 4. The van der Waals surface area contributed by atoms with Gasteiger partial charge in [0, 0.05) is 73.5 Å². The molecule has 0 saturated carbocycles. The molecule has 9 heteroatoms. The molecule has 0 bridgehead atoms. The number of benzene rings is 5. The molecule has 616 valence electrons. The lowest BCUT2D eigenvalue weighted by Gasteiger charge is -2.54. The number of anilines is 3. The van der Waals surface area contributed by atoms with Gasteiger partial charge in [0.05, 0.1) is 18.1 Å². The molecule has 3 aliphatic rings. The summed E-state index contributed by atoms with van der Waals surface area (Å²) >= 11 is 0. The molecule has 3 fully saturated rings. The van der Waals surface area contributed by atoms with Gasteiger partial charge in [-0.1, -0.05) is 325 Å². The summed E-state index contributed by atoms with van der Waals surface area (Å²) in [6, 6.07) is 37.8. The average molecular weight is 1520 g/mol. The van der Waals surface area contributed by atoms with Crippen LogP contribution in [0.5, 0.6) is 11.5 Å². The zero-order valence-electron chi connectivity index (χ0n) is 72.8. The SMILES string of the molecule is CCCCCCCCCCCCOc1cccc(N2C(C)(C)CCCC2(C)C)c1.CCCCCCCCCCCCc1ccc(N2CCN(CCCCCCCCCCCC)CC2)cc1.CCCCCCCCCCCCc1ccc(N2CCS(=O)(=O)CC2)cc1.Cc1ccc(Cc2cc(C)c(O)c(C)c2)c(C)c1. The molecule has 3 aliphatic heterocycles. The lowest BCUT2D eigenvalue weighted by Crippen LogP contribution is -2.59. The number of hydrogen-bond donors (Lipinski definition) is 1. The Morgan fingerprint density at radius 2 is 0.771 bits per heavy atom. The molecule has 109 heavy (non-hydrogen) atoms. The van der Waals surface area contributed by atoms with Gasteiger partial charge in [-0.3, -0.25) is 4.90 Å². The van der Waals surface area contributed by atoms with Gasteiger partial charge in [-0.2, -0.15) is 0 Å². The lowest BCUT2D eigenvalue weighted by molar-refractivity contribution is 0.243. The number of piperidine rings is 1. The van der Waals surface area contributed by atoms with E-state index in [1.807, 2.05) is 13.8 Å². The summed E-state index contributed by atoms with van der Waals surface area (Å²) in [4.78, 5) is 10.1. The molecule has 0 amide bonds. The first-order chi connectivity index (χ1) is 52.8. The van der Waals surface area contributed by atoms with Crippen LogP contribution >= 0.6 is 0 Å². The summed E-state index contributed by atoms with van der Waals surface area (Å²) in [5, 5.41) is 9.79. The largest absolute Gasteiger partial charge is 0.507 e. The molecule has 0 spiro atoms. The van der Waals surface area contributed by atoms with Crippen LogP contribution in [0, 0.1) is 27.7 Å². The Hall–Kier alpha value is -4.99. The fourth-order valence-corrected chi connectivity index (χ4v) is 18.2. The number of ether oxygens (including phenoxy) is 1. The molecule has 5 aromatic rings. The van der Waals surface area contributed by atoms with Crippen molar-refractivity contribution < 1.29 is 18.3 Å². The molecule has 0 radical (unpaired) electrons. The first-order valence-corrected chi connectivity index (χ1v) is 47.6. The number of hydrogen-bond acceptors (Lipinski definition) is 8. The average Bonchev–Trinajstić information content (AvgIpc) is 0.764. The molecular formula is C100H166N4O4S. The van der Waals surface area contributed by atoms with Crippen LogP contribution in [0.2, 0.25) is 0 Å². The van der Waals surface area contributed by atoms with Crippen molar-refractivity contribution in [3.63, 3.8) is 0 Å². The second-order valence-electron chi connectivity index (χ2n) is 34.9. The summed E-state index contributed by atoms with van der Waals surface area (Å²) in [7, 11) is -2.80. The molecular weight excluding hydrogens is 1350 g/mol. The van der Waals surface area contributed by atoms with Gasteiger partial charge in [0.15, 0.2) is 9.84 Å². The highest BCUT2D eigenvalue weighted by Crippen LogP contribution is 2.43. The Labute approximate surface area is 673 Å². The van der Waals surface area contributed by atoms with Gasteiger partial charge in [0.1, 0.15) is 11.5 Å². The molecule has 8 rings (SSSR count). The Morgan fingerprint density at radius 3 is 1.18 bits per heavy atom. The number of unbranched alkanes of at least 4 members (excludes halogenated alkanes) is 36. The Balaban J connectivity index is 0.000000267. The fourth-order valence-electron chi connectivity index (χ4n) is 17.0. The Bertz CT molecular complexity index is 3150. The van der Waals surface area contributed by atoms with Crippen molar-refractivity contribution in [2.24, 2.45) is 0 Å². The number of piperazine rings is 1. The van der Waals surface area contributed by atoms with Gasteiger partial charge < -0.3 is 24.5 Å². The van der Waals surface area contributed by atoms with E-state index in [9.17, 15) is 13.5 Å². The number of phenols is 1. The minimum Gasteiger partial charge on any atom is -0.507 e. The highest BCUT2D eigenvalue weighted by Gasteiger charge is 2.41. The molecule has 3 heterocycles. The monoisotopic (exact) mass is 1520 g/mol. The minimum absolute atomic E-state index is 0.191. The van der Waals surface area contributed by atoms with Crippen LogP contribution in [0.25, 0.3) is 0 Å². The van der Waals surface area contributed by atoms with E-state index >= 15 is 0 Å². The van der Waals surface area contributed by atoms with Gasteiger partial charge in [-0.05, 0) is 201 Å². The standard InChI is InChI=1S/C34H62N2.C27H47NO.C22H37NO2S.C17H20O/c1-3-5-7-9-11-13-15-17-19-21-23-33-24-26-34(27-25-33)36-31-29-35(30-32-36)28-22-20-18-16-14-12-10-8-6-4-2;1-6-7-8-9-10-11-12-13-14-15-22-29-25-19-16-18-24(23-25)28-26(2,3)20-17-21-27(28,4)5;1-2-3-4-5-6-7-8-9-10-11-12-21-13-15-22(16-14-21)23-17-19-26(24,25)20-18-23;1-11-5-6-16(12(2)7-11)10-15-8-13(3)17(18)14(4)9-15/h24-27H,3-23,28-32H2,1-2H3;16,18-19,23H,6-15,17,20-22H2,1-5H3;13-16H,2-12,17-20H2,1H3;5-9,18H,10H2,1-4H3. The van der Waals surface area contributed by atoms with Crippen LogP contribution in [-0.4, -0.2) is 93.4 Å². The van der Waals surface area contributed by atoms with E-state index in [0.29, 0.717) is 18.8 Å². The molecule has 0 unspecified atom stereocenters. The number of sulfone groups is 1. The third-order valence-electron chi connectivity index (χ3n) is 23.9. The van der Waals surface area contributed by atoms with Crippen LogP contribution in [0.4, 0.5) is 17.1 Å². The normalized spacial score (nSPS) is 15.4. The van der Waals surface area contributed by atoms with Crippen molar-refractivity contribution in [1.29, 1.82) is 0 Å². The van der Waals surface area contributed by atoms with E-state index in [0.717, 1.165) is 42.0 Å². The summed E-state index contributed by atoms with van der Waals surface area (Å²) in [5.74, 6) is 2.01. The zero-order valence-corrected chi connectivity index (χ0v) is 73.6. The van der Waals surface area contributed by atoms with Gasteiger partial charge in [-0.15, -0.1) is 0 Å². The second kappa shape index (κ2) is 56.3. The zero-order chi connectivity index (χ0) is 78.6. The van der Waals surface area contributed by atoms with Crippen LogP contribution in [-0.2, 0) is 29.1 Å². The quantitative estimate of drug-likeness (QED) is 0.0386. The van der Waals surface area contributed by atoms with Crippen LogP contribution < -0.4 is 19.4 Å². The highest BCUT2D eigenvalue weighted by molar-refractivity contribution is 7.91. The first-order valence-electron chi connectivity index (χ1n) is 45.8. The van der Waals surface area contributed by atoms with Crippen LogP contribution in [0.15, 0.2) is 103 Å². The van der Waals surface area contributed by atoms with Crippen molar-refractivity contribution >= 4 is 26.9 Å². The number of rotatable bonds is 50. The molecule has 3 saturated heterocycles. The van der Waals surface area contributed by atoms with Crippen molar-refractivity contribution in [2.45, 2.75) is 390 Å². The number of aromatic hydroxyl groups is 1. The number of aryl methyl sites for hydroxylation is 6. The summed E-state index contributed by atoms with van der Waals surface area (Å²) in [6.07, 6.45) is 63.1. The maximum Gasteiger partial charge on any atom is 0.153 e. The van der Waals surface area contributed by atoms with E-state index in [2.05, 4.69) is 192 Å². The molecule has 0 aliphatic carbocycles. The predicted molar refractivity (Wildman–Crippen MR) is 480 cm³/mol. The minimum atomic E-state index is -2.80. The van der Waals surface area contributed by atoms with E-state index in [-0.39, 0.29) is 22.6 Å². The molecule has 8 nitrogen and oxygen atoms in total. The maximum atomic E-state index is 11.5. The molecule has 1 N–H and O–H groups in total. The molecule has 0 atom stereocenters. The molecule has 5 aromatic carbocycles. The first kappa shape index (κ1) is 94.6. The van der Waals surface area contributed by atoms with Crippen LogP contribution in [0.1, 0.15) is 376 Å². The fraction of sp³-hybridized carbons (Fsp3) is 0.700. The van der Waals surface area contributed by atoms with Gasteiger partial charge in [-0.25, -0.2) is 8.42 Å². The van der Waals surface area contributed by atoms with Crippen molar-refractivity contribution in [2.75, 3.05) is 78.6 Å². The van der Waals surface area contributed by atoms with E-state index in [1.54, 1.807) is 0 Å². The lowest BCUT2D eigenvalue weighted by atomic mass is 9.79. The Morgan fingerprint density at radius 1 is 0.385 bits per heavy atom. The maximum absolute atomic E-state index is 11.5. The van der Waals surface area contributed by atoms with E-state index < -0.39 is 9.84 Å². The molecule has 0 aromatic heterocycles. The third kappa shape index (κ3) is 40.5. The van der Waals surface area contributed by atoms with Crippen LogP contribution in [0.3, 0.4) is 0 Å². The van der Waals surface area contributed by atoms with Gasteiger partial charge in [0.25, 0.3) is 0 Å². The number of phenolic OH excluding ortho intramolecular Hbond substituents is 1. The van der Waals surface area contributed by atoms with Crippen molar-refractivity contribution in [1.82, 2.24) is 4.90 Å². The van der Waals surface area contributed by atoms with Crippen molar-refractivity contribution in [3.05, 3.63) is 148 Å². The summed E-state index contributed by atoms with van der Waals surface area (Å²) in [5.41, 5.74) is 14.4.